The van der Waals surface area contributed by atoms with Crippen LogP contribution in [0, 0.1) is 24.0 Å². The largest absolute Gasteiger partial charge is 0.451 e. The molecular weight excluding hydrogens is 454 g/mol. The summed E-state index contributed by atoms with van der Waals surface area (Å²) in [6, 6.07) is 16.8. The fourth-order valence-corrected chi connectivity index (χ4v) is 3.73. The average Bonchev–Trinajstić information content (AvgIpc) is 3.43. The highest BCUT2D eigenvalue weighted by Gasteiger charge is 2.19. The van der Waals surface area contributed by atoms with Gasteiger partial charge >= 0.3 is 0 Å². The Morgan fingerprint density at radius 2 is 1.85 bits per heavy atom. The maximum Gasteiger partial charge on any atom is 0.293 e. The second-order valence-corrected chi connectivity index (χ2v) is 8.04. The average molecular weight is 476 g/mol. The third-order valence-electron chi connectivity index (χ3n) is 5.30. The maximum absolute atomic E-state index is 12.5. The number of nitro benzene ring substituents is 1. The first-order chi connectivity index (χ1) is 16.3. The molecule has 34 heavy (non-hydrogen) atoms. The minimum absolute atomic E-state index is 0.0153. The molecule has 9 nitrogen and oxygen atoms in total. The summed E-state index contributed by atoms with van der Waals surface area (Å²) in [5, 5.41) is 24.1. The van der Waals surface area contributed by atoms with E-state index in [0.717, 1.165) is 29.1 Å². The van der Waals surface area contributed by atoms with Gasteiger partial charge in [-0.1, -0.05) is 24.3 Å². The summed E-state index contributed by atoms with van der Waals surface area (Å²) in [5.74, 6) is -0.363. The van der Waals surface area contributed by atoms with Crippen molar-refractivity contribution in [1.82, 2.24) is 15.5 Å². The zero-order chi connectivity index (χ0) is 24.2. The van der Waals surface area contributed by atoms with Crippen LogP contribution >= 0.6 is 12.2 Å². The van der Waals surface area contributed by atoms with Crippen LogP contribution in [0.25, 0.3) is 11.3 Å². The Balaban J connectivity index is 1.37. The Morgan fingerprint density at radius 3 is 2.53 bits per heavy atom. The molecule has 4 rings (SSSR count). The van der Waals surface area contributed by atoms with Crippen LogP contribution in [0.2, 0.25) is 0 Å². The predicted molar refractivity (Wildman–Crippen MR) is 132 cm³/mol. The van der Waals surface area contributed by atoms with E-state index < -0.39 is 10.8 Å². The summed E-state index contributed by atoms with van der Waals surface area (Å²) in [4.78, 5) is 23.3. The van der Waals surface area contributed by atoms with Crippen LogP contribution in [0.3, 0.4) is 0 Å². The maximum atomic E-state index is 12.5. The molecule has 0 spiro atoms. The SMILES string of the molecule is Cc1n[nH]c(C)c1Cc1ccc(NC(=S)NC(=O)c2ccc(-c3ccccc3[N+](=O)[O-])o2)cc1. The van der Waals surface area contributed by atoms with Gasteiger partial charge in [0.05, 0.1) is 16.2 Å². The molecule has 0 aliphatic heterocycles. The number of thiocarbonyl (C=S) groups is 1. The molecule has 0 aliphatic carbocycles. The van der Waals surface area contributed by atoms with Gasteiger partial charge in [-0.05, 0) is 62.0 Å². The van der Waals surface area contributed by atoms with Gasteiger partial charge in [0.25, 0.3) is 11.6 Å². The van der Waals surface area contributed by atoms with Crippen LogP contribution in [0.4, 0.5) is 11.4 Å². The van der Waals surface area contributed by atoms with Crippen molar-refractivity contribution in [3.63, 3.8) is 0 Å². The lowest BCUT2D eigenvalue weighted by Crippen LogP contribution is -2.33. The minimum Gasteiger partial charge on any atom is -0.451 e. The summed E-state index contributed by atoms with van der Waals surface area (Å²) < 4.78 is 5.55. The summed E-state index contributed by atoms with van der Waals surface area (Å²) >= 11 is 5.24. The van der Waals surface area contributed by atoms with E-state index in [-0.39, 0.29) is 27.9 Å². The molecule has 0 radical (unpaired) electrons. The summed E-state index contributed by atoms with van der Waals surface area (Å²) in [6.45, 7) is 3.97. The van der Waals surface area contributed by atoms with E-state index in [2.05, 4.69) is 20.8 Å². The smallest absolute Gasteiger partial charge is 0.293 e. The quantitative estimate of drug-likeness (QED) is 0.205. The molecule has 2 heterocycles. The van der Waals surface area contributed by atoms with Crippen molar-refractivity contribution in [2.75, 3.05) is 5.32 Å². The first-order valence-corrected chi connectivity index (χ1v) is 10.8. The first-order valence-electron chi connectivity index (χ1n) is 10.4. The predicted octanol–water partition coefficient (Wildman–Crippen LogP) is 4.91. The van der Waals surface area contributed by atoms with Crippen LogP contribution in [-0.4, -0.2) is 26.1 Å². The normalized spacial score (nSPS) is 10.6. The van der Waals surface area contributed by atoms with Crippen LogP contribution in [0.5, 0.6) is 0 Å². The molecular formula is C24H21N5O4S. The third-order valence-corrected chi connectivity index (χ3v) is 5.50. The number of aromatic nitrogens is 2. The number of furan rings is 1. The highest BCUT2D eigenvalue weighted by Crippen LogP contribution is 2.30. The first kappa shape index (κ1) is 22.9. The molecule has 2 aromatic heterocycles. The zero-order valence-corrected chi connectivity index (χ0v) is 19.2. The highest BCUT2D eigenvalue weighted by molar-refractivity contribution is 7.80. The number of anilines is 1. The van der Waals surface area contributed by atoms with Crippen molar-refractivity contribution in [3.8, 4) is 11.3 Å². The number of carbonyl (C=O) groups is 1. The lowest BCUT2D eigenvalue weighted by Gasteiger charge is -2.09. The van der Waals surface area contributed by atoms with E-state index in [1.54, 1.807) is 18.2 Å². The number of H-pyrrole nitrogens is 1. The molecule has 0 fully saturated rings. The van der Waals surface area contributed by atoms with Gasteiger partial charge in [-0.3, -0.25) is 25.3 Å². The van der Waals surface area contributed by atoms with Gasteiger partial charge in [0.2, 0.25) is 0 Å². The second kappa shape index (κ2) is 9.67. The Kier molecular flexibility index (Phi) is 6.51. The molecule has 0 atom stereocenters. The van der Waals surface area contributed by atoms with Crippen LogP contribution < -0.4 is 10.6 Å². The number of amides is 1. The number of aromatic amines is 1. The van der Waals surface area contributed by atoms with E-state index in [1.165, 1.54) is 23.8 Å². The Hall–Kier alpha value is -4.31. The monoisotopic (exact) mass is 475 g/mol. The number of rotatable bonds is 6. The number of aryl methyl sites for hydroxylation is 2. The van der Waals surface area contributed by atoms with Crippen molar-refractivity contribution in [3.05, 3.63) is 99.1 Å². The molecule has 0 aliphatic rings. The summed E-state index contributed by atoms with van der Waals surface area (Å²) in [7, 11) is 0. The molecule has 0 bridgehead atoms. The molecule has 0 unspecified atom stereocenters. The zero-order valence-electron chi connectivity index (χ0n) is 18.4. The molecule has 0 saturated heterocycles. The number of hydrogen-bond donors (Lipinski definition) is 3. The van der Waals surface area contributed by atoms with Gasteiger partial charge in [0, 0.05) is 29.4 Å². The van der Waals surface area contributed by atoms with E-state index in [1.807, 2.05) is 38.1 Å². The van der Waals surface area contributed by atoms with Crippen molar-refractivity contribution < 1.29 is 14.1 Å². The van der Waals surface area contributed by atoms with Gasteiger partial charge < -0.3 is 9.73 Å². The van der Waals surface area contributed by atoms with Gasteiger partial charge in [0.1, 0.15) is 5.76 Å². The number of nitrogens with one attached hydrogen (secondary N) is 3. The topological polar surface area (TPSA) is 126 Å². The molecule has 0 saturated carbocycles. The van der Waals surface area contributed by atoms with Crippen molar-refractivity contribution in [2.24, 2.45) is 0 Å². The van der Waals surface area contributed by atoms with Crippen molar-refractivity contribution in [1.29, 1.82) is 0 Å². The van der Waals surface area contributed by atoms with Gasteiger partial charge in [-0.25, -0.2) is 0 Å². The van der Waals surface area contributed by atoms with Crippen LogP contribution in [0.1, 0.15) is 33.1 Å². The van der Waals surface area contributed by atoms with E-state index in [4.69, 9.17) is 16.6 Å². The number of nitrogens with zero attached hydrogens (tertiary/aromatic N) is 2. The number of hydrogen-bond acceptors (Lipinski definition) is 6. The molecule has 2 aromatic carbocycles. The fraction of sp³-hybridized carbons (Fsp3) is 0.125. The van der Waals surface area contributed by atoms with Gasteiger partial charge in [-0.15, -0.1) is 0 Å². The lowest BCUT2D eigenvalue weighted by molar-refractivity contribution is -0.384. The lowest BCUT2D eigenvalue weighted by atomic mass is 10.0. The Bertz CT molecular complexity index is 1350. The number of para-hydroxylation sites is 1. The van der Waals surface area contributed by atoms with Gasteiger partial charge in [0.15, 0.2) is 10.9 Å². The van der Waals surface area contributed by atoms with Crippen LogP contribution in [0.15, 0.2) is 65.1 Å². The van der Waals surface area contributed by atoms with Crippen molar-refractivity contribution >= 4 is 34.6 Å². The van der Waals surface area contributed by atoms with E-state index in [0.29, 0.717) is 0 Å². The van der Waals surface area contributed by atoms with E-state index >= 15 is 0 Å². The minimum atomic E-state index is -0.565. The molecule has 3 N–H and O–H groups in total. The summed E-state index contributed by atoms with van der Waals surface area (Å²) in [5.41, 5.74) is 5.21. The number of benzene rings is 2. The second-order valence-electron chi connectivity index (χ2n) is 7.63. The number of nitro groups is 1. The van der Waals surface area contributed by atoms with Gasteiger partial charge in [-0.2, -0.15) is 5.10 Å². The highest BCUT2D eigenvalue weighted by atomic mass is 32.1. The number of carbonyl (C=O) groups excluding carboxylic acids is 1. The fourth-order valence-electron chi connectivity index (χ4n) is 3.52. The van der Waals surface area contributed by atoms with Crippen LogP contribution in [-0.2, 0) is 6.42 Å². The van der Waals surface area contributed by atoms with Crippen molar-refractivity contribution in [2.45, 2.75) is 20.3 Å². The van der Waals surface area contributed by atoms with E-state index in [9.17, 15) is 14.9 Å². The molecule has 10 heteroatoms. The summed E-state index contributed by atoms with van der Waals surface area (Å²) in [6.07, 6.45) is 0.760. The third kappa shape index (κ3) is 5.02. The Morgan fingerprint density at radius 1 is 1.12 bits per heavy atom. The standard InChI is InChI=1S/C24H21N5O4S/c1-14-19(15(2)28-27-14)13-16-7-9-17(10-8-16)25-24(34)26-23(30)22-12-11-21(33-22)18-5-3-4-6-20(18)29(31)32/h3-12H,13H2,1-2H3,(H,27,28)(H2,25,26,30,34). The Labute approximate surface area is 200 Å². The molecule has 4 aromatic rings. The molecule has 1 amide bonds. The molecule has 172 valence electrons.